The van der Waals surface area contributed by atoms with E-state index in [4.69, 9.17) is 9.47 Å². The maximum absolute atomic E-state index is 12.0. The van der Waals surface area contributed by atoms with Crippen LogP contribution >= 0.6 is 0 Å². The van der Waals surface area contributed by atoms with Gasteiger partial charge >= 0.3 is 11.9 Å². The lowest BCUT2D eigenvalue weighted by Crippen LogP contribution is -2.27. The second-order valence-corrected chi connectivity index (χ2v) is 13.0. The number of aliphatic hydroxyl groups is 1. The summed E-state index contributed by atoms with van der Waals surface area (Å²) in [5.74, 6) is -1.26. The smallest absolute Gasteiger partial charge is 0.335 e. The van der Waals surface area contributed by atoms with Gasteiger partial charge in [-0.05, 0) is 64.2 Å². The molecule has 0 aliphatic heterocycles. The SMILES string of the molecule is CCCCCCCC/C=C\CCCCCCCCOC(=O)C[C@H](O)C(=O)OCCCCCCCC/C=C\CCCCCCCC. The van der Waals surface area contributed by atoms with Gasteiger partial charge in [-0.2, -0.15) is 0 Å². The Morgan fingerprint density at radius 1 is 0.467 bits per heavy atom. The number of hydrogen-bond donors (Lipinski definition) is 1. The lowest BCUT2D eigenvalue weighted by atomic mass is 10.1. The summed E-state index contributed by atoms with van der Waals surface area (Å²) in [6, 6.07) is 0. The van der Waals surface area contributed by atoms with Crippen molar-refractivity contribution in [3.63, 3.8) is 0 Å². The minimum Gasteiger partial charge on any atom is -0.466 e. The van der Waals surface area contributed by atoms with Gasteiger partial charge < -0.3 is 14.6 Å². The van der Waals surface area contributed by atoms with E-state index in [1.165, 1.54) is 141 Å². The Balaban J connectivity index is 3.45. The summed E-state index contributed by atoms with van der Waals surface area (Å²) in [6.45, 7) is 5.16. The van der Waals surface area contributed by atoms with Crippen molar-refractivity contribution in [3.05, 3.63) is 24.3 Å². The highest BCUT2D eigenvalue weighted by Crippen LogP contribution is 2.12. The largest absolute Gasteiger partial charge is 0.466 e. The van der Waals surface area contributed by atoms with E-state index in [1.807, 2.05) is 0 Å². The van der Waals surface area contributed by atoms with Crippen LogP contribution < -0.4 is 0 Å². The summed E-state index contributed by atoms with van der Waals surface area (Å²) in [4.78, 5) is 23.9. The zero-order chi connectivity index (χ0) is 32.9. The van der Waals surface area contributed by atoms with Crippen LogP contribution in [0.1, 0.15) is 200 Å². The summed E-state index contributed by atoms with van der Waals surface area (Å²) < 4.78 is 10.4. The highest BCUT2D eigenvalue weighted by atomic mass is 16.6. The lowest BCUT2D eigenvalue weighted by Gasteiger charge is -2.11. The molecule has 1 N–H and O–H groups in total. The molecule has 0 aliphatic rings. The molecule has 45 heavy (non-hydrogen) atoms. The molecule has 1 atom stereocenters. The van der Waals surface area contributed by atoms with Crippen molar-refractivity contribution in [2.24, 2.45) is 0 Å². The van der Waals surface area contributed by atoms with Crippen molar-refractivity contribution in [1.29, 1.82) is 0 Å². The first-order valence-corrected chi connectivity index (χ1v) is 19.4. The third-order valence-corrected chi connectivity index (χ3v) is 8.45. The molecule has 0 heterocycles. The number of esters is 2. The van der Waals surface area contributed by atoms with E-state index in [0.29, 0.717) is 13.2 Å². The standard InChI is InChI=1S/C40H74O5/c1-3-5-7-9-11-13-15-17-19-21-23-25-27-29-31-33-35-44-39(42)37-38(41)40(43)45-36-34-32-30-28-26-24-22-20-18-16-14-12-10-8-6-4-2/h17-20,38,41H,3-16,21-37H2,1-2H3/b19-17-,20-18-/t38-/m0/s1. The number of unbranched alkanes of at least 4 members (excludes halogenated alkanes) is 24. The van der Waals surface area contributed by atoms with Gasteiger partial charge in [-0.15, -0.1) is 0 Å². The van der Waals surface area contributed by atoms with Gasteiger partial charge in [-0.3, -0.25) is 4.79 Å². The predicted octanol–water partition coefficient (Wildman–Crippen LogP) is 11.9. The van der Waals surface area contributed by atoms with Crippen LogP contribution in [0.3, 0.4) is 0 Å². The van der Waals surface area contributed by atoms with Crippen LogP contribution in [0, 0.1) is 0 Å². The molecule has 0 saturated heterocycles. The van der Waals surface area contributed by atoms with Crippen LogP contribution in [-0.4, -0.2) is 36.4 Å². The normalized spacial score (nSPS) is 12.3. The van der Waals surface area contributed by atoms with E-state index >= 15 is 0 Å². The van der Waals surface area contributed by atoms with Gasteiger partial charge in [-0.1, -0.05) is 154 Å². The van der Waals surface area contributed by atoms with E-state index in [2.05, 4.69) is 38.2 Å². The molecule has 0 radical (unpaired) electrons. The van der Waals surface area contributed by atoms with Gasteiger partial charge in [0, 0.05) is 0 Å². The second kappa shape index (κ2) is 36.8. The molecule has 0 unspecified atom stereocenters. The molecule has 0 bridgehead atoms. The molecule has 0 aliphatic carbocycles. The van der Waals surface area contributed by atoms with E-state index in [0.717, 1.165) is 38.5 Å². The molecule has 0 aromatic rings. The molecule has 0 saturated carbocycles. The predicted molar refractivity (Wildman–Crippen MR) is 191 cm³/mol. The van der Waals surface area contributed by atoms with Crippen LogP contribution in [0.4, 0.5) is 0 Å². The third kappa shape index (κ3) is 35.1. The Morgan fingerprint density at radius 2 is 0.778 bits per heavy atom. The minimum absolute atomic E-state index is 0.293. The number of aliphatic hydroxyl groups excluding tert-OH is 1. The van der Waals surface area contributed by atoms with Crippen molar-refractivity contribution in [3.8, 4) is 0 Å². The van der Waals surface area contributed by atoms with E-state index in [9.17, 15) is 14.7 Å². The maximum Gasteiger partial charge on any atom is 0.335 e. The first-order valence-electron chi connectivity index (χ1n) is 19.4. The van der Waals surface area contributed by atoms with Crippen LogP contribution in [-0.2, 0) is 19.1 Å². The van der Waals surface area contributed by atoms with E-state index in [-0.39, 0.29) is 6.42 Å². The monoisotopic (exact) mass is 635 g/mol. The number of allylic oxidation sites excluding steroid dienone is 4. The number of hydrogen-bond acceptors (Lipinski definition) is 5. The highest BCUT2D eigenvalue weighted by molar-refractivity contribution is 5.81. The molecule has 0 amide bonds. The number of carbonyl (C=O) groups excluding carboxylic acids is 2. The second-order valence-electron chi connectivity index (χ2n) is 13.0. The Kier molecular flexibility index (Phi) is 35.5. The molecule has 0 aromatic carbocycles. The van der Waals surface area contributed by atoms with Crippen molar-refractivity contribution in [2.75, 3.05) is 13.2 Å². The molecule has 0 spiro atoms. The Hall–Kier alpha value is -1.62. The first kappa shape index (κ1) is 43.4. The topological polar surface area (TPSA) is 72.8 Å². The maximum atomic E-state index is 12.0. The minimum atomic E-state index is -1.44. The molecule has 5 heteroatoms. The quantitative estimate of drug-likeness (QED) is 0.0426. The molecule has 0 aromatic heterocycles. The van der Waals surface area contributed by atoms with Gasteiger partial charge in [0.2, 0.25) is 0 Å². The summed E-state index contributed by atoms with van der Waals surface area (Å²) in [5.41, 5.74) is 0. The average molecular weight is 635 g/mol. The summed E-state index contributed by atoms with van der Waals surface area (Å²) in [6.07, 6.45) is 42.0. The van der Waals surface area contributed by atoms with Crippen LogP contribution in [0.5, 0.6) is 0 Å². The van der Waals surface area contributed by atoms with Crippen LogP contribution in [0.25, 0.3) is 0 Å². The number of rotatable bonds is 35. The summed E-state index contributed by atoms with van der Waals surface area (Å²) in [7, 11) is 0. The summed E-state index contributed by atoms with van der Waals surface area (Å²) >= 11 is 0. The first-order chi connectivity index (χ1) is 22.1. The molecular weight excluding hydrogens is 560 g/mol. The zero-order valence-corrected chi connectivity index (χ0v) is 29.9. The fraction of sp³-hybridized carbons (Fsp3) is 0.850. The van der Waals surface area contributed by atoms with Gasteiger partial charge in [0.25, 0.3) is 0 Å². The van der Waals surface area contributed by atoms with Crippen molar-refractivity contribution < 1.29 is 24.2 Å². The third-order valence-electron chi connectivity index (χ3n) is 8.45. The number of carbonyl (C=O) groups is 2. The van der Waals surface area contributed by atoms with E-state index < -0.39 is 18.0 Å². The highest BCUT2D eigenvalue weighted by Gasteiger charge is 2.21. The van der Waals surface area contributed by atoms with Gasteiger partial charge in [-0.25, -0.2) is 4.79 Å². The van der Waals surface area contributed by atoms with Crippen LogP contribution in [0.2, 0.25) is 0 Å². The fourth-order valence-corrected chi connectivity index (χ4v) is 5.45. The Morgan fingerprint density at radius 3 is 1.16 bits per heavy atom. The Labute approximate surface area is 279 Å². The summed E-state index contributed by atoms with van der Waals surface area (Å²) in [5, 5.41) is 9.98. The lowest BCUT2D eigenvalue weighted by molar-refractivity contribution is -0.160. The molecular formula is C40H74O5. The molecule has 0 fully saturated rings. The fourth-order valence-electron chi connectivity index (χ4n) is 5.45. The van der Waals surface area contributed by atoms with Crippen molar-refractivity contribution in [1.82, 2.24) is 0 Å². The van der Waals surface area contributed by atoms with Gasteiger partial charge in [0.05, 0.1) is 19.6 Å². The van der Waals surface area contributed by atoms with Crippen LogP contribution in [0.15, 0.2) is 24.3 Å². The molecule has 0 rings (SSSR count). The Bertz CT molecular complexity index is 686. The van der Waals surface area contributed by atoms with Gasteiger partial charge in [0.1, 0.15) is 0 Å². The van der Waals surface area contributed by atoms with E-state index in [1.54, 1.807) is 0 Å². The van der Waals surface area contributed by atoms with Gasteiger partial charge in [0.15, 0.2) is 6.10 Å². The number of ether oxygens (including phenoxy) is 2. The van der Waals surface area contributed by atoms with Crippen molar-refractivity contribution in [2.45, 2.75) is 206 Å². The zero-order valence-electron chi connectivity index (χ0n) is 29.9. The molecule has 264 valence electrons. The van der Waals surface area contributed by atoms with Crippen molar-refractivity contribution >= 4 is 11.9 Å². The molecule has 5 nitrogen and oxygen atoms in total. The average Bonchev–Trinajstić information content (AvgIpc) is 3.03.